The molecule has 0 aliphatic heterocycles. The van der Waals surface area contributed by atoms with Crippen LogP contribution in [0.4, 0.5) is 13.2 Å². The fraction of sp³-hybridized carbons (Fsp3) is 0.182. The van der Waals surface area contributed by atoms with Crippen LogP contribution < -0.4 is 10.2 Å². The van der Waals surface area contributed by atoms with Crippen LogP contribution in [0.5, 0.6) is 5.75 Å². The molecule has 4 rings (SSSR count). The molecule has 0 saturated heterocycles. The molecule has 154 valence electrons. The highest BCUT2D eigenvalue weighted by atomic mass is 19.4. The molecule has 0 atom stereocenters. The molecule has 0 amide bonds. The Kier molecular flexibility index (Phi) is 4.85. The van der Waals surface area contributed by atoms with Crippen molar-refractivity contribution >= 4 is 11.0 Å². The first-order chi connectivity index (χ1) is 14.3. The minimum absolute atomic E-state index is 0.0216. The number of hydrogen-bond donors (Lipinski definition) is 0. The van der Waals surface area contributed by atoms with E-state index < -0.39 is 22.9 Å². The third kappa shape index (κ3) is 3.34. The van der Waals surface area contributed by atoms with E-state index in [9.17, 15) is 18.0 Å². The molecule has 0 fully saturated rings. The van der Waals surface area contributed by atoms with Gasteiger partial charge in [-0.1, -0.05) is 18.2 Å². The Hall–Kier alpha value is -3.55. The summed E-state index contributed by atoms with van der Waals surface area (Å²) in [7, 11) is 0. The predicted octanol–water partition coefficient (Wildman–Crippen LogP) is 5.37. The fourth-order valence-electron chi connectivity index (χ4n) is 3.32. The molecule has 30 heavy (non-hydrogen) atoms. The van der Waals surface area contributed by atoms with E-state index in [-0.39, 0.29) is 16.5 Å². The van der Waals surface area contributed by atoms with E-state index in [4.69, 9.17) is 9.15 Å². The number of alkyl halides is 3. The number of halogens is 3. The molecule has 2 heterocycles. The summed E-state index contributed by atoms with van der Waals surface area (Å²) in [6.07, 6.45) is -2.27. The average molecular weight is 414 g/mol. The zero-order chi connectivity index (χ0) is 21.5. The van der Waals surface area contributed by atoms with Gasteiger partial charge in [0, 0.05) is 17.3 Å². The number of hydrogen-bond acceptors (Lipinski definition) is 4. The Bertz CT molecular complexity index is 1270. The van der Waals surface area contributed by atoms with Gasteiger partial charge in [-0.15, -0.1) is 0 Å². The fourth-order valence-corrected chi connectivity index (χ4v) is 3.32. The summed E-state index contributed by atoms with van der Waals surface area (Å²) in [5.41, 5.74) is -0.475. The van der Waals surface area contributed by atoms with Crippen LogP contribution in [-0.4, -0.2) is 16.4 Å². The average Bonchev–Trinajstić information content (AvgIpc) is 3.20. The molecule has 2 aromatic heterocycles. The van der Waals surface area contributed by atoms with Crippen LogP contribution in [0.1, 0.15) is 18.2 Å². The summed E-state index contributed by atoms with van der Waals surface area (Å²) in [5.74, 6) is -0.990. The normalized spacial score (nSPS) is 11.8. The second-order valence-electron chi connectivity index (χ2n) is 6.64. The van der Waals surface area contributed by atoms with E-state index >= 15 is 0 Å². The maximum atomic E-state index is 13.9. The van der Waals surface area contributed by atoms with Gasteiger partial charge in [-0.2, -0.15) is 18.3 Å². The van der Waals surface area contributed by atoms with Gasteiger partial charge in [0.2, 0.25) is 11.2 Å². The minimum Gasteiger partial charge on any atom is -0.493 e. The number of fused-ring (bicyclic) bond motifs is 1. The van der Waals surface area contributed by atoms with Crippen molar-refractivity contribution in [1.82, 2.24) is 9.78 Å². The number of rotatable bonds is 4. The minimum atomic E-state index is -4.87. The van der Waals surface area contributed by atoms with Crippen molar-refractivity contribution in [1.29, 1.82) is 0 Å². The van der Waals surface area contributed by atoms with Crippen LogP contribution in [-0.2, 0) is 6.18 Å². The van der Waals surface area contributed by atoms with Gasteiger partial charge in [0.05, 0.1) is 29.4 Å². The molecular weight excluding hydrogens is 397 g/mol. The Balaban J connectivity index is 1.98. The summed E-state index contributed by atoms with van der Waals surface area (Å²) in [6, 6.07) is 11.9. The zero-order valence-corrected chi connectivity index (χ0v) is 16.2. The van der Waals surface area contributed by atoms with E-state index in [1.54, 1.807) is 44.2 Å². The molecule has 0 saturated carbocycles. The molecule has 0 aliphatic carbocycles. The van der Waals surface area contributed by atoms with Gasteiger partial charge in [-0.05, 0) is 38.1 Å². The topological polar surface area (TPSA) is 57.3 Å². The van der Waals surface area contributed by atoms with Gasteiger partial charge >= 0.3 is 6.18 Å². The van der Waals surface area contributed by atoms with E-state index in [0.29, 0.717) is 23.6 Å². The second-order valence-corrected chi connectivity index (χ2v) is 6.64. The van der Waals surface area contributed by atoms with Crippen molar-refractivity contribution in [3.8, 4) is 22.6 Å². The lowest BCUT2D eigenvalue weighted by Crippen LogP contribution is -2.16. The quantitative estimate of drug-likeness (QED) is 0.450. The first kappa shape index (κ1) is 19.8. The molecule has 8 heteroatoms. The van der Waals surface area contributed by atoms with Crippen LogP contribution in [0.25, 0.3) is 27.8 Å². The van der Waals surface area contributed by atoms with E-state index in [2.05, 4.69) is 5.10 Å². The molecule has 0 N–H and O–H groups in total. The smallest absolute Gasteiger partial charge is 0.450 e. The molecule has 0 spiro atoms. The van der Waals surface area contributed by atoms with Gasteiger partial charge in [0.15, 0.2) is 0 Å². The number of aromatic nitrogens is 2. The molecular formula is C22H17F3N2O3. The lowest BCUT2D eigenvalue weighted by Gasteiger charge is -2.14. The Morgan fingerprint density at radius 2 is 1.87 bits per heavy atom. The molecule has 0 radical (unpaired) electrons. The van der Waals surface area contributed by atoms with Crippen molar-refractivity contribution in [2.75, 3.05) is 6.61 Å². The molecule has 2 aromatic carbocycles. The first-order valence-electron chi connectivity index (χ1n) is 9.22. The highest BCUT2D eigenvalue weighted by Crippen LogP contribution is 2.39. The van der Waals surface area contributed by atoms with Crippen LogP contribution >= 0.6 is 0 Å². The summed E-state index contributed by atoms with van der Waals surface area (Å²) in [6.45, 7) is 3.65. The molecule has 0 unspecified atom stereocenters. The van der Waals surface area contributed by atoms with Crippen LogP contribution in [0.3, 0.4) is 0 Å². The van der Waals surface area contributed by atoms with Crippen molar-refractivity contribution in [3.05, 3.63) is 76.4 Å². The lowest BCUT2D eigenvalue weighted by atomic mass is 10.0. The summed E-state index contributed by atoms with van der Waals surface area (Å²) >= 11 is 0. The SMILES string of the molecule is CCOc1ccc2c(=O)c(-c3cnn(-c4ccccc4)c3)c(C(F)(F)F)oc2c1C. The van der Waals surface area contributed by atoms with Crippen molar-refractivity contribution in [2.45, 2.75) is 20.0 Å². The van der Waals surface area contributed by atoms with Gasteiger partial charge in [-0.3, -0.25) is 4.79 Å². The number of aryl methyl sites for hydroxylation is 1. The highest BCUT2D eigenvalue weighted by molar-refractivity contribution is 5.86. The third-order valence-corrected chi connectivity index (χ3v) is 4.71. The predicted molar refractivity (Wildman–Crippen MR) is 106 cm³/mol. The first-order valence-corrected chi connectivity index (χ1v) is 9.22. The Labute approximate surface area is 169 Å². The van der Waals surface area contributed by atoms with Crippen LogP contribution in [0.2, 0.25) is 0 Å². The maximum absolute atomic E-state index is 13.9. The Morgan fingerprint density at radius 1 is 1.13 bits per heavy atom. The lowest BCUT2D eigenvalue weighted by molar-refractivity contribution is -0.152. The second kappa shape index (κ2) is 7.37. The summed E-state index contributed by atoms with van der Waals surface area (Å²) in [5, 5.41) is 4.16. The van der Waals surface area contributed by atoms with E-state index in [0.717, 1.165) is 0 Å². The van der Waals surface area contributed by atoms with Crippen LogP contribution in [0.15, 0.2) is 64.1 Å². The number of nitrogens with zero attached hydrogens (tertiary/aromatic N) is 2. The molecule has 5 nitrogen and oxygen atoms in total. The summed E-state index contributed by atoms with van der Waals surface area (Å²) < 4.78 is 53.7. The molecule has 4 aromatic rings. The maximum Gasteiger partial charge on any atom is 0.450 e. The standard InChI is InChI=1S/C22H17F3N2O3/c1-3-29-17-10-9-16-19(28)18(21(22(23,24)25)30-20(16)13(17)2)14-11-26-27(12-14)15-7-5-4-6-8-15/h4-12H,3H2,1-2H3. The zero-order valence-electron chi connectivity index (χ0n) is 16.2. The van der Waals surface area contributed by atoms with E-state index in [1.165, 1.54) is 23.1 Å². The van der Waals surface area contributed by atoms with Gasteiger partial charge < -0.3 is 9.15 Å². The van der Waals surface area contributed by atoms with Gasteiger partial charge in [-0.25, -0.2) is 4.68 Å². The number of benzene rings is 2. The van der Waals surface area contributed by atoms with Gasteiger partial charge in [0.1, 0.15) is 11.3 Å². The highest BCUT2D eigenvalue weighted by Gasteiger charge is 2.40. The van der Waals surface area contributed by atoms with Gasteiger partial charge in [0.25, 0.3) is 0 Å². The van der Waals surface area contributed by atoms with Crippen LogP contribution in [0, 0.1) is 6.92 Å². The largest absolute Gasteiger partial charge is 0.493 e. The monoisotopic (exact) mass is 414 g/mol. The van der Waals surface area contributed by atoms with Crippen molar-refractivity contribution in [2.24, 2.45) is 0 Å². The third-order valence-electron chi connectivity index (χ3n) is 4.71. The number of para-hydroxylation sites is 1. The molecule has 0 bridgehead atoms. The Morgan fingerprint density at radius 3 is 2.53 bits per heavy atom. The van der Waals surface area contributed by atoms with Crippen molar-refractivity contribution in [3.63, 3.8) is 0 Å². The van der Waals surface area contributed by atoms with E-state index in [1.807, 2.05) is 6.07 Å². The molecule has 0 aliphatic rings. The van der Waals surface area contributed by atoms with Crippen molar-refractivity contribution < 1.29 is 22.3 Å². The summed E-state index contributed by atoms with van der Waals surface area (Å²) in [4.78, 5) is 13.1. The number of ether oxygens (including phenoxy) is 1.